The number of amides is 1. The third-order valence-corrected chi connectivity index (χ3v) is 4.10. The molecule has 1 unspecified atom stereocenters. The summed E-state index contributed by atoms with van der Waals surface area (Å²) in [6, 6.07) is 13.6. The zero-order valence-electron chi connectivity index (χ0n) is 12.9. The van der Waals surface area contributed by atoms with Gasteiger partial charge in [-0.2, -0.15) is 0 Å². The number of non-ortho nitro benzene ring substituents is 1. The number of carbonyl (C=O) groups excluding carboxylic acids is 1. The number of hydrogen-bond donors (Lipinski definition) is 1. The number of benzene rings is 2. The molecule has 2 aromatic carbocycles. The minimum absolute atomic E-state index is 0.0367. The van der Waals surface area contributed by atoms with Crippen LogP contribution in [0.25, 0.3) is 0 Å². The first kappa shape index (κ1) is 18.6. The van der Waals surface area contributed by atoms with Crippen LogP contribution in [0.15, 0.2) is 54.6 Å². The van der Waals surface area contributed by atoms with Crippen molar-refractivity contribution < 1.29 is 28.5 Å². The van der Waals surface area contributed by atoms with Crippen molar-refractivity contribution in [2.24, 2.45) is 0 Å². The second kappa shape index (κ2) is 8.39. The summed E-state index contributed by atoms with van der Waals surface area (Å²) in [4.78, 5) is 36.0. The maximum Gasteiger partial charge on any atom is 0.398 e. The molecule has 25 heavy (non-hydrogen) atoms. The number of hydrogen-bond acceptors (Lipinski definition) is 6. The molecule has 0 saturated carbocycles. The van der Waals surface area contributed by atoms with Crippen molar-refractivity contribution >= 4 is 19.7 Å². The van der Waals surface area contributed by atoms with E-state index in [1.54, 1.807) is 24.3 Å². The van der Waals surface area contributed by atoms with Gasteiger partial charge in [-0.05, 0) is 17.7 Å². The van der Waals surface area contributed by atoms with E-state index in [1.165, 1.54) is 12.1 Å². The van der Waals surface area contributed by atoms with Crippen molar-refractivity contribution in [2.45, 2.75) is 6.61 Å². The molecule has 0 spiro atoms. The Morgan fingerprint density at radius 2 is 1.80 bits per heavy atom. The van der Waals surface area contributed by atoms with Gasteiger partial charge in [0.25, 0.3) is 5.69 Å². The summed E-state index contributed by atoms with van der Waals surface area (Å²) in [5.41, 5.74) is 0.597. The third kappa shape index (κ3) is 6.00. The molecule has 10 heteroatoms. The van der Waals surface area contributed by atoms with Gasteiger partial charge >= 0.3 is 7.60 Å². The zero-order valence-corrected chi connectivity index (χ0v) is 13.8. The van der Waals surface area contributed by atoms with E-state index in [0.29, 0.717) is 5.06 Å². The minimum Gasteiger partial charge on any atom is -0.423 e. The summed E-state index contributed by atoms with van der Waals surface area (Å²) < 4.78 is 17.0. The average Bonchev–Trinajstić information content (AvgIpc) is 2.59. The number of carbonyl (C=O) groups is 1. The highest BCUT2D eigenvalue weighted by atomic mass is 31.2. The van der Waals surface area contributed by atoms with E-state index < -0.39 is 18.8 Å². The molecule has 0 aromatic heterocycles. The standard InChI is InChI=1S/C15H15N2O7P/c18-11-16(23-10-13-4-2-1-3-5-13)12-25(21,22)24-15-8-6-14(7-9-15)17(19)20/h1-9,11H,10,12H2,(H,21,22). The van der Waals surface area contributed by atoms with Crippen LogP contribution in [0, 0.1) is 10.1 Å². The van der Waals surface area contributed by atoms with E-state index in [1.807, 2.05) is 6.07 Å². The molecular weight excluding hydrogens is 351 g/mol. The second-order valence-electron chi connectivity index (χ2n) is 4.90. The average molecular weight is 366 g/mol. The summed E-state index contributed by atoms with van der Waals surface area (Å²) in [7, 11) is -4.25. The molecule has 2 rings (SSSR count). The molecule has 0 saturated heterocycles. The van der Waals surface area contributed by atoms with Gasteiger partial charge in [0.1, 0.15) is 12.4 Å². The molecule has 132 valence electrons. The van der Waals surface area contributed by atoms with E-state index in [2.05, 4.69) is 0 Å². The normalized spacial score (nSPS) is 12.8. The Balaban J connectivity index is 1.94. The lowest BCUT2D eigenvalue weighted by Crippen LogP contribution is -2.24. The highest BCUT2D eigenvalue weighted by Gasteiger charge is 2.26. The summed E-state index contributed by atoms with van der Waals surface area (Å²) in [5.74, 6) is -0.0367. The van der Waals surface area contributed by atoms with Crippen molar-refractivity contribution in [2.75, 3.05) is 6.29 Å². The Labute approximate surface area is 143 Å². The van der Waals surface area contributed by atoms with E-state index >= 15 is 0 Å². The Morgan fingerprint density at radius 3 is 2.36 bits per heavy atom. The molecule has 2 aromatic rings. The van der Waals surface area contributed by atoms with Gasteiger partial charge in [-0.15, -0.1) is 0 Å². The molecule has 0 heterocycles. The first-order valence-electron chi connectivity index (χ1n) is 7.04. The van der Waals surface area contributed by atoms with Gasteiger partial charge in [0.15, 0.2) is 6.29 Å². The fraction of sp³-hybridized carbons (Fsp3) is 0.133. The first-order valence-corrected chi connectivity index (χ1v) is 8.80. The highest BCUT2D eigenvalue weighted by Crippen LogP contribution is 2.43. The number of rotatable bonds is 9. The number of hydroxylamine groups is 2. The Bertz CT molecular complexity index is 767. The maximum atomic E-state index is 12.1. The van der Waals surface area contributed by atoms with Crippen molar-refractivity contribution in [3.8, 4) is 5.75 Å². The largest absolute Gasteiger partial charge is 0.423 e. The zero-order chi connectivity index (χ0) is 18.3. The Kier molecular flexibility index (Phi) is 6.24. The van der Waals surface area contributed by atoms with Crippen LogP contribution in [0.2, 0.25) is 0 Å². The van der Waals surface area contributed by atoms with Crippen LogP contribution in [-0.2, 0) is 20.8 Å². The lowest BCUT2D eigenvalue weighted by atomic mass is 10.2. The molecule has 0 aliphatic rings. The van der Waals surface area contributed by atoms with Crippen LogP contribution < -0.4 is 4.52 Å². The van der Waals surface area contributed by atoms with Gasteiger partial charge in [0.05, 0.1) is 4.92 Å². The smallest absolute Gasteiger partial charge is 0.398 e. The molecule has 0 bridgehead atoms. The highest BCUT2D eigenvalue weighted by molar-refractivity contribution is 7.53. The molecular formula is C15H15N2O7P. The van der Waals surface area contributed by atoms with Crippen molar-refractivity contribution in [3.05, 3.63) is 70.3 Å². The molecule has 0 aliphatic carbocycles. The van der Waals surface area contributed by atoms with Crippen molar-refractivity contribution in [1.29, 1.82) is 0 Å². The van der Waals surface area contributed by atoms with Crippen LogP contribution in [0.4, 0.5) is 5.69 Å². The summed E-state index contributed by atoms with van der Waals surface area (Å²) in [6.07, 6.45) is -0.425. The van der Waals surface area contributed by atoms with Crippen LogP contribution in [0.5, 0.6) is 5.75 Å². The van der Waals surface area contributed by atoms with Gasteiger partial charge in [-0.3, -0.25) is 19.7 Å². The van der Waals surface area contributed by atoms with Crippen molar-refractivity contribution in [1.82, 2.24) is 5.06 Å². The van der Waals surface area contributed by atoms with Gasteiger partial charge in [-0.25, -0.2) is 9.63 Å². The molecule has 1 N–H and O–H groups in total. The van der Waals surface area contributed by atoms with E-state index in [-0.39, 0.29) is 24.5 Å². The topological polar surface area (TPSA) is 119 Å². The number of nitro groups is 1. The van der Waals surface area contributed by atoms with E-state index in [4.69, 9.17) is 9.36 Å². The Morgan fingerprint density at radius 1 is 1.16 bits per heavy atom. The van der Waals surface area contributed by atoms with E-state index in [0.717, 1.165) is 17.7 Å². The fourth-order valence-corrected chi connectivity index (χ4v) is 2.84. The van der Waals surface area contributed by atoms with E-state index in [9.17, 15) is 24.4 Å². The third-order valence-electron chi connectivity index (χ3n) is 2.97. The summed E-state index contributed by atoms with van der Waals surface area (Å²) in [5, 5.41) is 11.2. The predicted octanol–water partition coefficient (Wildman–Crippen LogP) is 2.71. The summed E-state index contributed by atoms with van der Waals surface area (Å²) in [6.45, 7) is 0.0388. The lowest BCUT2D eigenvalue weighted by Gasteiger charge is -2.20. The number of nitrogens with zero attached hydrogens (tertiary/aromatic N) is 2. The molecule has 0 fully saturated rings. The monoisotopic (exact) mass is 366 g/mol. The fourth-order valence-electron chi connectivity index (χ4n) is 1.83. The van der Waals surface area contributed by atoms with Crippen LogP contribution in [-0.4, -0.2) is 27.6 Å². The Hall–Kier alpha value is -2.74. The molecule has 1 amide bonds. The minimum atomic E-state index is -4.25. The van der Waals surface area contributed by atoms with Crippen molar-refractivity contribution in [3.63, 3.8) is 0 Å². The molecule has 0 aliphatic heterocycles. The molecule has 9 nitrogen and oxygen atoms in total. The van der Waals surface area contributed by atoms with Gasteiger partial charge < -0.3 is 9.42 Å². The quantitative estimate of drug-likeness (QED) is 0.314. The van der Waals surface area contributed by atoms with Gasteiger partial charge in [-0.1, -0.05) is 30.3 Å². The second-order valence-corrected chi connectivity index (χ2v) is 6.64. The van der Waals surface area contributed by atoms with Crippen LogP contribution in [0.1, 0.15) is 5.56 Å². The van der Waals surface area contributed by atoms with Crippen LogP contribution >= 0.6 is 7.60 Å². The van der Waals surface area contributed by atoms with Gasteiger partial charge in [0.2, 0.25) is 6.41 Å². The SMILES string of the molecule is O=CN(CP(=O)(O)Oc1ccc([N+](=O)[O-])cc1)OCc1ccccc1. The molecule has 1 atom stereocenters. The predicted molar refractivity (Wildman–Crippen MR) is 87.6 cm³/mol. The molecule has 0 radical (unpaired) electrons. The summed E-state index contributed by atoms with van der Waals surface area (Å²) >= 11 is 0. The van der Waals surface area contributed by atoms with Gasteiger partial charge in [0, 0.05) is 12.1 Å². The van der Waals surface area contributed by atoms with Crippen LogP contribution in [0.3, 0.4) is 0 Å². The lowest BCUT2D eigenvalue weighted by molar-refractivity contribution is -0.384. The number of nitro benzene ring substituents is 1. The first-order chi connectivity index (χ1) is 11.9. The maximum absolute atomic E-state index is 12.1.